The number of aromatic nitrogens is 3. The number of imide groups is 1. The van der Waals surface area contributed by atoms with Crippen LogP contribution in [0.2, 0.25) is 0 Å². The lowest BCUT2D eigenvalue weighted by Gasteiger charge is -2.36. The number of carbonyl (C=O) groups is 3. The molecule has 278 valence electrons. The van der Waals surface area contributed by atoms with Gasteiger partial charge in [-0.3, -0.25) is 24.6 Å². The summed E-state index contributed by atoms with van der Waals surface area (Å²) in [6.07, 6.45) is 3.49. The number of hydrogen-bond donors (Lipinski definition) is 3. The highest BCUT2D eigenvalue weighted by atomic mass is 19.1. The third-order valence-corrected chi connectivity index (χ3v) is 11.6. The number of fused-ring (bicyclic) bond motifs is 4. The van der Waals surface area contributed by atoms with E-state index in [9.17, 15) is 23.9 Å². The molecule has 0 aliphatic carbocycles. The van der Waals surface area contributed by atoms with E-state index in [4.69, 9.17) is 4.98 Å². The zero-order valence-corrected chi connectivity index (χ0v) is 29.9. The van der Waals surface area contributed by atoms with E-state index in [2.05, 4.69) is 65.7 Å². The smallest absolute Gasteiger partial charge is 0.255 e. The van der Waals surface area contributed by atoms with Crippen LogP contribution in [0, 0.1) is 5.82 Å². The maximum absolute atomic E-state index is 14.1. The van der Waals surface area contributed by atoms with Crippen LogP contribution in [0.3, 0.4) is 0 Å². The van der Waals surface area contributed by atoms with Crippen molar-refractivity contribution in [3.05, 3.63) is 83.3 Å². The molecule has 5 aliphatic rings. The van der Waals surface area contributed by atoms with Crippen LogP contribution < -0.4 is 25.3 Å². The molecule has 3 unspecified atom stereocenters. The predicted octanol–water partition coefficient (Wildman–Crippen LogP) is 2.98. The number of phenols is 1. The lowest BCUT2D eigenvalue weighted by Crippen LogP contribution is -2.52. The lowest BCUT2D eigenvalue weighted by molar-refractivity contribution is -0.136. The normalized spacial score (nSPS) is 22.4. The van der Waals surface area contributed by atoms with Gasteiger partial charge in [0.2, 0.25) is 11.8 Å². The average Bonchev–Trinajstić information content (AvgIpc) is 3.77. The molecule has 0 bridgehead atoms. The van der Waals surface area contributed by atoms with Crippen molar-refractivity contribution in [1.29, 1.82) is 0 Å². The molecule has 3 fully saturated rings. The molecule has 0 spiro atoms. The van der Waals surface area contributed by atoms with Gasteiger partial charge in [0.05, 0.1) is 11.4 Å². The second-order valence-electron chi connectivity index (χ2n) is 14.8. The first-order valence-corrected chi connectivity index (χ1v) is 18.5. The number of phenolic OH excluding ortho intramolecular Hbond substituents is 1. The highest BCUT2D eigenvalue weighted by Crippen LogP contribution is 2.40. The van der Waals surface area contributed by atoms with Crippen LogP contribution in [-0.2, 0) is 22.7 Å². The van der Waals surface area contributed by atoms with E-state index >= 15 is 0 Å². The number of pyridine rings is 1. The van der Waals surface area contributed by atoms with E-state index in [1.807, 2.05) is 24.4 Å². The second kappa shape index (κ2) is 13.5. The number of nitrogens with one attached hydrogen (secondary N) is 2. The molecule has 3 saturated heterocycles. The summed E-state index contributed by atoms with van der Waals surface area (Å²) >= 11 is 0. The number of benzene rings is 2. The Hall–Kier alpha value is -5.83. The van der Waals surface area contributed by atoms with Crippen LogP contribution in [0.5, 0.6) is 5.75 Å². The Balaban J connectivity index is 0.796. The Morgan fingerprint density at radius 2 is 1.83 bits per heavy atom. The van der Waals surface area contributed by atoms with Crippen molar-refractivity contribution in [1.82, 2.24) is 30.3 Å². The molecule has 7 heterocycles. The number of aromatic hydroxyl groups is 1. The molecule has 0 radical (unpaired) electrons. The van der Waals surface area contributed by atoms with E-state index in [1.54, 1.807) is 17.0 Å². The lowest BCUT2D eigenvalue weighted by atomic mass is 10.0. The molecule has 14 nitrogen and oxygen atoms in total. The van der Waals surface area contributed by atoms with Gasteiger partial charge in [-0.05, 0) is 60.4 Å². The van der Waals surface area contributed by atoms with Gasteiger partial charge in [-0.1, -0.05) is 18.2 Å². The number of likely N-dealkylation sites (N-methyl/N-ethyl adjacent to an activating group) is 1. The zero-order chi connectivity index (χ0) is 37.1. The minimum absolute atomic E-state index is 0.152. The standard InChI is InChI=1S/C39H41FN10O4/c1-46(27-15-26-19-42-37-33(49(26)22-27)17-31(44-45-37)28-3-2-4-30(40)36(28)52)34-9-5-23(18-41-34)20-47-11-13-48(14-12-47)25-7-6-24-21-50(39(54)29(24)16-25)32-8-10-35(51)43-38(32)53/h2-7,9,16-18,26-27,32,52H,8,10-15,19-22H2,1H3,(H,42,45)(H,43,51,53). The molecule has 9 rings (SSSR count). The van der Waals surface area contributed by atoms with Crippen molar-refractivity contribution in [2.75, 3.05) is 66.3 Å². The van der Waals surface area contributed by atoms with E-state index in [-0.39, 0.29) is 30.3 Å². The summed E-state index contributed by atoms with van der Waals surface area (Å²) in [6, 6.07) is 16.4. The Kier molecular flexibility index (Phi) is 8.52. The van der Waals surface area contributed by atoms with Crippen LogP contribution in [0.15, 0.2) is 60.8 Å². The van der Waals surface area contributed by atoms with Gasteiger partial charge < -0.3 is 30.0 Å². The van der Waals surface area contributed by atoms with Gasteiger partial charge in [-0.2, -0.15) is 0 Å². The van der Waals surface area contributed by atoms with Crippen molar-refractivity contribution in [3.8, 4) is 17.0 Å². The average molecular weight is 733 g/mol. The topological polar surface area (TPSA) is 150 Å². The third kappa shape index (κ3) is 6.11. The van der Waals surface area contributed by atoms with Crippen LogP contribution in [-0.4, -0.2) is 112 Å². The van der Waals surface area contributed by atoms with Gasteiger partial charge >= 0.3 is 0 Å². The largest absolute Gasteiger partial charge is 0.504 e. The molecule has 3 N–H and O–H groups in total. The molecule has 15 heteroatoms. The number of anilines is 4. The number of para-hydroxylation sites is 1. The number of rotatable bonds is 7. The van der Waals surface area contributed by atoms with Crippen molar-refractivity contribution < 1.29 is 23.9 Å². The fraction of sp³-hybridized carbons (Fsp3) is 0.385. The third-order valence-electron chi connectivity index (χ3n) is 11.6. The van der Waals surface area contributed by atoms with Crippen molar-refractivity contribution >= 4 is 40.7 Å². The molecule has 5 aliphatic heterocycles. The summed E-state index contributed by atoms with van der Waals surface area (Å²) in [4.78, 5) is 53.1. The first-order valence-electron chi connectivity index (χ1n) is 18.5. The predicted molar refractivity (Wildman–Crippen MR) is 200 cm³/mol. The summed E-state index contributed by atoms with van der Waals surface area (Å²) in [5.41, 5.74) is 5.31. The molecule has 3 atom stereocenters. The minimum Gasteiger partial charge on any atom is -0.504 e. The van der Waals surface area contributed by atoms with E-state index in [0.717, 1.165) is 80.6 Å². The molecule has 2 aromatic heterocycles. The van der Waals surface area contributed by atoms with Gasteiger partial charge in [0.25, 0.3) is 5.91 Å². The Labute approximate surface area is 311 Å². The fourth-order valence-corrected chi connectivity index (χ4v) is 8.52. The molecular weight excluding hydrogens is 691 g/mol. The summed E-state index contributed by atoms with van der Waals surface area (Å²) in [5, 5.41) is 24.7. The Morgan fingerprint density at radius 3 is 2.63 bits per heavy atom. The maximum Gasteiger partial charge on any atom is 0.255 e. The van der Waals surface area contributed by atoms with Crippen LogP contribution in [0.25, 0.3) is 11.3 Å². The number of halogens is 1. The van der Waals surface area contributed by atoms with Gasteiger partial charge in [0.1, 0.15) is 11.9 Å². The number of piperidine rings is 1. The van der Waals surface area contributed by atoms with Gasteiger partial charge in [-0.15, -0.1) is 10.2 Å². The summed E-state index contributed by atoms with van der Waals surface area (Å²) in [6.45, 7) is 6.07. The summed E-state index contributed by atoms with van der Waals surface area (Å²) < 4.78 is 14.1. The van der Waals surface area contributed by atoms with Crippen molar-refractivity contribution in [3.63, 3.8) is 0 Å². The minimum atomic E-state index is -0.693. The van der Waals surface area contributed by atoms with Crippen LogP contribution in [0.4, 0.5) is 27.4 Å². The molecular formula is C39H41FN10O4. The van der Waals surface area contributed by atoms with Crippen LogP contribution >= 0.6 is 0 Å². The Bertz CT molecular complexity index is 2140. The number of nitrogens with zero attached hydrogens (tertiary/aromatic N) is 8. The molecule has 3 amide bonds. The van der Waals surface area contributed by atoms with Crippen molar-refractivity contribution in [2.45, 2.75) is 50.5 Å². The summed E-state index contributed by atoms with van der Waals surface area (Å²) in [5.74, 6) is -0.376. The first kappa shape index (κ1) is 34.0. The van der Waals surface area contributed by atoms with Gasteiger partial charge in [0, 0.05) is 101 Å². The highest BCUT2D eigenvalue weighted by Gasteiger charge is 2.40. The number of hydrogen-bond acceptors (Lipinski definition) is 12. The van der Waals surface area contributed by atoms with Crippen LogP contribution in [0.1, 0.15) is 40.7 Å². The van der Waals surface area contributed by atoms with Gasteiger partial charge in [-0.25, -0.2) is 9.37 Å². The zero-order valence-electron chi connectivity index (χ0n) is 29.9. The van der Waals surface area contributed by atoms with Gasteiger partial charge in [0.15, 0.2) is 17.4 Å². The summed E-state index contributed by atoms with van der Waals surface area (Å²) in [7, 11) is 2.08. The first-order chi connectivity index (χ1) is 26.2. The second-order valence-corrected chi connectivity index (χ2v) is 14.8. The van der Waals surface area contributed by atoms with E-state index in [0.29, 0.717) is 35.6 Å². The quantitative estimate of drug-likeness (QED) is 0.240. The number of amides is 3. The fourth-order valence-electron chi connectivity index (χ4n) is 8.52. The number of carbonyl (C=O) groups excluding carboxylic acids is 3. The molecule has 2 aromatic carbocycles. The molecule has 4 aromatic rings. The molecule has 54 heavy (non-hydrogen) atoms. The highest BCUT2D eigenvalue weighted by molar-refractivity contribution is 6.05. The van der Waals surface area contributed by atoms with E-state index < -0.39 is 23.5 Å². The van der Waals surface area contributed by atoms with E-state index in [1.165, 1.54) is 6.07 Å². The SMILES string of the molecule is CN(c1ccc(CN2CCN(c3ccc4c(c3)C(=O)N(C3CCC(=O)NC3=O)C4)CC2)cn1)C1CC2CNc3nnc(-c4cccc(F)c4O)cc3N2C1. The monoisotopic (exact) mass is 732 g/mol. The maximum atomic E-state index is 14.1. The van der Waals surface area contributed by atoms with Crippen molar-refractivity contribution in [2.24, 2.45) is 0 Å². The Morgan fingerprint density at radius 1 is 0.981 bits per heavy atom. The number of piperazine rings is 1. The molecule has 0 saturated carbocycles.